The number of carbonyl (C=O) groups is 1. The molecule has 5 heterocycles. The van der Waals surface area contributed by atoms with E-state index in [0.29, 0.717) is 35.8 Å². The first-order valence-corrected chi connectivity index (χ1v) is 13.7. The summed E-state index contributed by atoms with van der Waals surface area (Å²) < 4.78 is 12.9. The SMILES string of the molecule is CC12OCCc3cc(Cl)cc(c31)C(C(=O)O)[N+]21CC(OCCCCCc2ccc3c(n2)NCCC3)C1. The van der Waals surface area contributed by atoms with Gasteiger partial charge in [-0.3, -0.25) is 4.48 Å². The van der Waals surface area contributed by atoms with E-state index >= 15 is 0 Å². The number of quaternary nitrogens is 1. The smallest absolute Gasteiger partial charge is 0.367 e. The van der Waals surface area contributed by atoms with Crippen molar-refractivity contribution >= 4 is 23.4 Å². The number of unbranched alkanes of at least 4 members (excludes halogenated alkanes) is 2. The Balaban J connectivity index is 1.03. The number of fused-ring (bicyclic) bond motifs is 2. The molecular formula is C28H35ClN3O4+. The highest BCUT2D eigenvalue weighted by Gasteiger charge is 2.71. The van der Waals surface area contributed by atoms with Crippen LogP contribution in [0.1, 0.15) is 66.6 Å². The second-order valence-corrected chi connectivity index (χ2v) is 11.3. The van der Waals surface area contributed by atoms with Crippen molar-refractivity contribution in [3.63, 3.8) is 0 Å². The number of pyridine rings is 1. The average molecular weight is 513 g/mol. The van der Waals surface area contributed by atoms with Gasteiger partial charge in [-0.05, 0) is 67.9 Å². The quantitative estimate of drug-likeness (QED) is 0.397. The molecule has 0 amide bonds. The molecule has 1 fully saturated rings. The number of hydrogen-bond acceptors (Lipinski definition) is 5. The standard InChI is InChI=1S/C28H34ClN3O4/c1-28-24-19(10-13-36-28)14-20(29)15-23(24)25(27(33)34)32(28)16-22(17-32)35-12-4-2-3-7-21-9-8-18-6-5-11-30-26(18)31-21/h8-9,14-15,22,25H,2-7,10-13,16-17H2,1H3,(H-,30,31,33,34)/p+1. The van der Waals surface area contributed by atoms with E-state index in [9.17, 15) is 9.90 Å². The number of aryl methyl sites for hydroxylation is 2. The highest BCUT2D eigenvalue weighted by atomic mass is 35.5. The number of rotatable bonds is 8. The Morgan fingerprint density at radius 3 is 2.94 bits per heavy atom. The second kappa shape index (κ2) is 9.28. The zero-order valence-corrected chi connectivity index (χ0v) is 21.6. The van der Waals surface area contributed by atoms with Gasteiger partial charge in [0.2, 0.25) is 11.8 Å². The minimum Gasteiger partial charge on any atom is -0.477 e. The van der Waals surface area contributed by atoms with Crippen LogP contribution in [0.25, 0.3) is 0 Å². The molecule has 1 aromatic heterocycles. The van der Waals surface area contributed by atoms with E-state index in [1.807, 2.05) is 12.1 Å². The summed E-state index contributed by atoms with van der Waals surface area (Å²) in [6.45, 7) is 5.64. The number of aliphatic carboxylic acids is 1. The third kappa shape index (κ3) is 3.83. The number of aromatic nitrogens is 1. The normalized spacial score (nSPS) is 29.8. The third-order valence-corrected chi connectivity index (χ3v) is 8.97. The Hall–Kier alpha value is -2.19. The van der Waals surface area contributed by atoms with Gasteiger partial charge in [0, 0.05) is 36.4 Å². The van der Waals surface area contributed by atoms with E-state index in [2.05, 4.69) is 24.4 Å². The van der Waals surface area contributed by atoms with Crippen LogP contribution in [0, 0.1) is 0 Å². The fraction of sp³-hybridized carbons (Fsp3) is 0.571. The number of carboxylic acids is 1. The average Bonchev–Trinajstić information content (AvgIpc) is 3.06. The van der Waals surface area contributed by atoms with Gasteiger partial charge in [0.25, 0.3) is 0 Å². The molecule has 1 aromatic carbocycles. The third-order valence-electron chi connectivity index (χ3n) is 8.75. The number of halogens is 1. The van der Waals surface area contributed by atoms with Crippen molar-refractivity contribution in [2.75, 3.05) is 38.2 Å². The molecule has 8 heteroatoms. The van der Waals surface area contributed by atoms with Gasteiger partial charge in [-0.15, -0.1) is 0 Å². The summed E-state index contributed by atoms with van der Waals surface area (Å²) in [4.78, 5) is 17.3. The van der Waals surface area contributed by atoms with Crippen LogP contribution in [-0.4, -0.2) is 59.5 Å². The fourth-order valence-electron chi connectivity index (χ4n) is 6.99. The van der Waals surface area contributed by atoms with Gasteiger partial charge < -0.3 is 19.9 Å². The van der Waals surface area contributed by atoms with E-state index in [-0.39, 0.29) is 6.10 Å². The van der Waals surface area contributed by atoms with E-state index in [1.165, 1.54) is 12.0 Å². The van der Waals surface area contributed by atoms with Crippen molar-refractivity contribution in [2.24, 2.45) is 0 Å². The van der Waals surface area contributed by atoms with Crippen molar-refractivity contribution in [1.82, 2.24) is 4.98 Å². The molecule has 2 aromatic rings. The van der Waals surface area contributed by atoms with Crippen LogP contribution in [0.2, 0.25) is 5.02 Å². The number of hydrogen-bond donors (Lipinski definition) is 2. The van der Waals surface area contributed by atoms with Crippen molar-refractivity contribution < 1.29 is 23.9 Å². The van der Waals surface area contributed by atoms with E-state index in [0.717, 1.165) is 73.3 Å². The largest absolute Gasteiger partial charge is 0.477 e. The lowest BCUT2D eigenvalue weighted by Crippen LogP contribution is -2.74. The lowest BCUT2D eigenvalue weighted by atomic mass is 9.90. The molecule has 4 aliphatic heterocycles. The molecule has 7 nitrogen and oxygen atoms in total. The second-order valence-electron chi connectivity index (χ2n) is 10.9. The molecule has 2 unspecified atom stereocenters. The first-order valence-electron chi connectivity index (χ1n) is 13.3. The molecule has 2 atom stereocenters. The van der Waals surface area contributed by atoms with Crippen molar-refractivity contribution in [1.29, 1.82) is 0 Å². The van der Waals surface area contributed by atoms with Crippen LogP contribution < -0.4 is 5.32 Å². The summed E-state index contributed by atoms with van der Waals surface area (Å²) in [6.07, 6.45) is 7.27. The maximum absolute atomic E-state index is 12.5. The molecule has 2 N–H and O–H groups in total. The highest BCUT2D eigenvalue weighted by molar-refractivity contribution is 6.30. The van der Waals surface area contributed by atoms with Crippen LogP contribution >= 0.6 is 11.6 Å². The summed E-state index contributed by atoms with van der Waals surface area (Å²) >= 11 is 6.39. The van der Waals surface area contributed by atoms with Gasteiger partial charge in [0.1, 0.15) is 18.9 Å². The topological polar surface area (TPSA) is 80.7 Å². The molecule has 6 rings (SSSR count). The number of nitrogens with zero attached hydrogens (tertiary/aromatic N) is 2. The van der Waals surface area contributed by atoms with E-state index in [1.54, 1.807) is 0 Å². The summed E-state index contributed by atoms with van der Waals surface area (Å²) in [6, 6.07) is 7.53. The Morgan fingerprint density at radius 2 is 2.11 bits per heavy atom. The fourth-order valence-corrected chi connectivity index (χ4v) is 7.24. The van der Waals surface area contributed by atoms with Gasteiger partial charge in [-0.25, -0.2) is 9.78 Å². The van der Waals surface area contributed by atoms with Gasteiger partial charge in [-0.1, -0.05) is 24.1 Å². The maximum Gasteiger partial charge on any atom is 0.367 e. The number of benzene rings is 1. The lowest BCUT2D eigenvalue weighted by molar-refractivity contribution is -1.05. The molecule has 1 saturated heterocycles. The van der Waals surface area contributed by atoms with Crippen molar-refractivity contribution in [3.8, 4) is 0 Å². The minimum atomic E-state index is -0.817. The van der Waals surface area contributed by atoms with Crippen LogP contribution in [0.4, 0.5) is 5.82 Å². The van der Waals surface area contributed by atoms with Gasteiger partial charge in [0.15, 0.2) is 6.10 Å². The highest BCUT2D eigenvalue weighted by Crippen LogP contribution is 2.59. The molecule has 192 valence electrons. The van der Waals surface area contributed by atoms with Crippen LogP contribution in [-0.2, 0) is 39.3 Å². The molecular weight excluding hydrogens is 478 g/mol. The van der Waals surface area contributed by atoms with E-state index < -0.39 is 17.7 Å². The van der Waals surface area contributed by atoms with Crippen LogP contribution in [0.15, 0.2) is 24.3 Å². The molecule has 36 heavy (non-hydrogen) atoms. The number of carboxylic acid groups (broad SMARTS) is 1. The molecule has 1 spiro atoms. The molecule has 0 bridgehead atoms. The van der Waals surface area contributed by atoms with Crippen molar-refractivity contribution in [2.45, 2.75) is 69.7 Å². The minimum absolute atomic E-state index is 0.0517. The van der Waals surface area contributed by atoms with Gasteiger partial charge in [0.05, 0.1) is 12.2 Å². The Morgan fingerprint density at radius 1 is 1.25 bits per heavy atom. The molecule has 0 aliphatic carbocycles. The van der Waals surface area contributed by atoms with E-state index in [4.69, 9.17) is 26.1 Å². The van der Waals surface area contributed by atoms with Gasteiger partial charge >= 0.3 is 5.97 Å². The molecule has 0 saturated carbocycles. The van der Waals surface area contributed by atoms with Gasteiger partial charge in [-0.2, -0.15) is 0 Å². The lowest BCUT2D eigenvalue weighted by Gasteiger charge is -2.57. The monoisotopic (exact) mass is 512 g/mol. The number of ether oxygens (including phenoxy) is 2. The zero-order chi connectivity index (χ0) is 24.9. The molecule has 4 aliphatic rings. The molecule has 0 radical (unpaired) electrons. The summed E-state index contributed by atoms with van der Waals surface area (Å²) in [5.41, 5.74) is 4.81. The summed E-state index contributed by atoms with van der Waals surface area (Å²) in [5, 5.41) is 14.3. The predicted molar refractivity (Wildman–Crippen MR) is 137 cm³/mol. The van der Waals surface area contributed by atoms with Crippen LogP contribution in [0.3, 0.4) is 0 Å². The van der Waals surface area contributed by atoms with Crippen molar-refractivity contribution in [3.05, 3.63) is 57.2 Å². The first-order chi connectivity index (χ1) is 17.4. The maximum atomic E-state index is 12.5. The van der Waals surface area contributed by atoms with Crippen LogP contribution in [0.5, 0.6) is 0 Å². The number of nitrogens with one attached hydrogen (secondary N) is 1. The Labute approximate surface area is 217 Å². The Bertz CT molecular complexity index is 1180. The first kappa shape index (κ1) is 24.2. The summed E-state index contributed by atoms with van der Waals surface area (Å²) in [7, 11) is 0. The Kier molecular flexibility index (Phi) is 6.23. The zero-order valence-electron chi connectivity index (χ0n) is 20.9. The predicted octanol–water partition coefficient (Wildman–Crippen LogP) is 4.61. The summed E-state index contributed by atoms with van der Waals surface area (Å²) in [5.74, 6) is 0.251. The number of anilines is 1.